The van der Waals surface area contributed by atoms with Gasteiger partial charge in [0, 0.05) is 78.0 Å². The van der Waals surface area contributed by atoms with Gasteiger partial charge in [-0.25, -0.2) is 15.0 Å². The minimum atomic E-state index is -2.27. The Hall–Kier alpha value is -7.28. The van der Waals surface area contributed by atoms with Crippen LogP contribution in [-0.4, -0.2) is 70.3 Å². The fourth-order valence-electron chi connectivity index (χ4n) is 6.13. The van der Waals surface area contributed by atoms with Gasteiger partial charge >= 0.3 is 0 Å². The molecule has 0 radical (unpaired) electrons. The van der Waals surface area contributed by atoms with E-state index in [-0.39, 0.29) is 5.82 Å². The molecule has 10 rings (SSSR count). The summed E-state index contributed by atoms with van der Waals surface area (Å²) in [5.41, 5.74) is 8.22. The van der Waals surface area contributed by atoms with Crippen molar-refractivity contribution in [2.45, 2.75) is 32.7 Å². The van der Waals surface area contributed by atoms with Crippen molar-refractivity contribution < 1.29 is 8.85 Å². The lowest BCUT2D eigenvalue weighted by Gasteiger charge is -2.02. The van der Waals surface area contributed by atoms with Crippen LogP contribution in [0.1, 0.15) is 28.1 Å². The Labute approximate surface area is 334 Å². The van der Waals surface area contributed by atoms with E-state index in [2.05, 4.69) is 71.0 Å². The molecule has 57 heavy (non-hydrogen) atoms. The molecule has 9 aromatic rings. The van der Waals surface area contributed by atoms with Crippen LogP contribution in [0, 0.1) is 13.8 Å². The highest BCUT2D eigenvalue weighted by Crippen LogP contribution is 2.26. The molecule has 3 aromatic carbocycles. The number of aromatic nitrogens is 9. The average molecular weight is 761 g/mol. The number of methoxy groups -OCH3 is 1. The van der Waals surface area contributed by atoms with E-state index in [4.69, 9.17) is 8.85 Å². The molecule has 1 fully saturated rings. The molecule has 3 N–H and O–H groups in total. The predicted molar refractivity (Wildman–Crippen MR) is 227 cm³/mol. The smallest absolute Gasteiger partial charge is 0.236 e. The zero-order valence-electron chi connectivity index (χ0n) is 35.0. The van der Waals surface area contributed by atoms with Gasteiger partial charge in [-0.05, 0) is 81.3 Å². The number of hydrogen-bond donors (Lipinski definition) is 3. The molecule has 0 aliphatic heterocycles. The average Bonchev–Trinajstić information content (AvgIpc) is 3.59. The molecule has 6 heterocycles. The first-order valence-corrected chi connectivity index (χ1v) is 18.6. The van der Waals surface area contributed by atoms with Crippen LogP contribution in [0.4, 0.5) is 17.5 Å². The van der Waals surface area contributed by atoms with Gasteiger partial charge < -0.3 is 20.7 Å². The van der Waals surface area contributed by atoms with Gasteiger partial charge in [-0.1, -0.05) is 47.5 Å². The third-order valence-corrected chi connectivity index (χ3v) is 9.31. The Bertz CT molecular complexity index is 2900. The van der Waals surface area contributed by atoms with E-state index >= 15 is 0 Å². The molecule has 6 aromatic heterocycles. The van der Waals surface area contributed by atoms with E-state index in [1.165, 1.54) is 18.4 Å². The summed E-state index contributed by atoms with van der Waals surface area (Å²) in [6, 6.07) is 30.3. The summed E-state index contributed by atoms with van der Waals surface area (Å²) in [6.45, 7) is 1.84. The van der Waals surface area contributed by atoms with Crippen molar-refractivity contribution in [2.75, 3.05) is 37.1 Å². The van der Waals surface area contributed by atoms with Crippen LogP contribution in [0.2, 0.25) is 0 Å². The molecule has 1 aliphatic carbocycles. The van der Waals surface area contributed by atoms with Crippen molar-refractivity contribution in [2.24, 2.45) is 0 Å². The van der Waals surface area contributed by atoms with E-state index in [1.807, 2.05) is 120 Å². The fraction of sp³-hybridized carbons (Fsp3) is 0.182. The van der Waals surface area contributed by atoms with Gasteiger partial charge in [-0.2, -0.15) is 15.0 Å². The first-order chi connectivity index (χ1) is 29.0. The Morgan fingerprint density at radius 2 is 1.05 bits per heavy atom. The van der Waals surface area contributed by atoms with Crippen LogP contribution in [0.25, 0.3) is 51.1 Å². The summed E-state index contributed by atoms with van der Waals surface area (Å²) < 4.78 is 32.4. The number of hydrogen-bond acceptors (Lipinski definition) is 10. The second-order valence-corrected chi connectivity index (χ2v) is 13.7. The number of nitrogens with zero attached hydrogens (tertiary/aromatic N) is 9. The number of imidazole rings is 3. The molecule has 0 saturated heterocycles. The van der Waals surface area contributed by atoms with Gasteiger partial charge in [0.25, 0.3) is 0 Å². The number of benzene rings is 3. The number of rotatable bonds is 8. The highest BCUT2D eigenvalue weighted by Gasteiger charge is 2.21. The largest absolute Gasteiger partial charge is 0.497 e. The second kappa shape index (κ2) is 16.2. The minimum Gasteiger partial charge on any atom is -0.497 e. The number of nitrogens with one attached hydrogen (secondary N) is 3. The van der Waals surface area contributed by atoms with E-state index < -0.39 is 6.98 Å². The van der Waals surface area contributed by atoms with Crippen molar-refractivity contribution in [3.8, 4) is 39.5 Å². The highest BCUT2D eigenvalue weighted by atomic mass is 16.4. The van der Waals surface area contributed by atoms with E-state index in [9.17, 15) is 0 Å². The third-order valence-electron chi connectivity index (χ3n) is 9.31. The fourth-order valence-corrected chi connectivity index (χ4v) is 6.13. The molecule has 0 amide bonds. The van der Waals surface area contributed by atoms with Crippen LogP contribution in [0.15, 0.2) is 128 Å². The Morgan fingerprint density at radius 3 is 1.51 bits per heavy atom. The van der Waals surface area contributed by atoms with Gasteiger partial charge in [0.05, 0.1) is 24.2 Å². The van der Waals surface area contributed by atoms with Crippen LogP contribution in [-0.2, 0) is 0 Å². The topological polar surface area (TPSA) is 136 Å². The maximum absolute atomic E-state index is 7.20. The van der Waals surface area contributed by atoms with Crippen molar-refractivity contribution >= 4 is 34.8 Å². The molecular formula is C44H44N12O. The third kappa shape index (κ3) is 8.67. The molecule has 0 spiro atoms. The first kappa shape index (κ1) is 33.1. The number of anilines is 3. The minimum absolute atomic E-state index is 0.281. The zero-order valence-corrected chi connectivity index (χ0v) is 32.0. The van der Waals surface area contributed by atoms with Crippen LogP contribution in [0.5, 0.6) is 5.75 Å². The van der Waals surface area contributed by atoms with Crippen molar-refractivity contribution in [1.29, 1.82) is 0 Å². The molecule has 13 nitrogen and oxygen atoms in total. The van der Waals surface area contributed by atoms with Gasteiger partial charge in [0.2, 0.25) is 17.3 Å². The monoisotopic (exact) mass is 760 g/mol. The summed E-state index contributed by atoms with van der Waals surface area (Å²) in [7, 11) is 3.52. The SMILES string of the molecule is Cc1cccc(-c2cn3ccc(N[11CH3])nc3n2)c1.[11CH3]Oc1ccc(-c2cn3ccc(NC4CC4)nc3n2)cc1.[3H]C([3H])([3H])Nc1ccn2cc(-c3cccc(C)c3)nc2n1. The summed E-state index contributed by atoms with van der Waals surface area (Å²) >= 11 is 0. The maximum Gasteiger partial charge on any atom is 0.236 e. The summed E-state index contributed by atoms with van der Waals surface area (Å²) in [6.07, 6.45) is 14.0. The standard InChI is InChI=1S/C16H16N4O.2C14H14N4/c1-21-13-6-2-11(3-7-13)14-10-20-9-8-15(17-12-4-5-12)19-16(20)18-14;2*1-10-4-3-5-11(8-10)12-9-18-7-6-13(15-2)17-14(18)16-12/h2-3,6-10,12H,4-5H2,1H3,(H,17,18,19);2*3-9H,1-2H3,(H,15,16,17)/i1-1;2T3;2-1. The van der Waals surface area contributed by atoms with Crippen LogP contribution < -0.4 is 20.7 Å². The Morgan fingerprint density at radius 1 is 0.579 bits per heavy atom. The molecule has 1 saturated carbocycles. The van der Waals surface area contributed by atoms with Gasteiger partial charge in [0.15, 0.2) is 0 Å². The van der Waals surface area contributed by atoms with Crippen molar-refractivity contribution in [3.05, 3.63) is 139 Å². The molecule has 286 valence electrons. The van der Waals surface area contributed by atoms with Gasteiger partial charge in [0.1, 0.15) is 23.2 Å². The van der Waals surface area contributed by atoms with Gasteiger partial charge in [-0.15, -0.1) is 0 Å². The number of fused-ring (bicyclic) bond motifs is 3. The lowest BCUT2D eigenvalue weighted by atomic mass is 10.1. The van der Waals surface area contributed by atoms with Crippen molar-refractivity contribution in [3.63, 3.8) is 0 Å². The lowest BCUT2D eigenvalue weighted by molar-refractivity contribution is 0.415. The molecule has 0 atom stereocenters. The second-order valence-electron chi connectivity index (χ2n) is 13.7. The lowest BCUT2D eigenvalue weighted by Crippen LogP contribution is -2.03. The highest BCUT2D eigenvalue weighted by molar-refractivity contribution is 5.65. The molecule has 1 aliphatic rings. The normalized spacial score (nSPS) is 13.1. The molecular weight excluding hydrogens is 711 g/mol. The predicted octanol–water partition coefficient (Wildman–Crippen LogP) is 8.47. The number of aryl methyl sites for hydroxylation is 2. The summed E-state index contributed by atoms with van der Waals surface area (Å²) in [5.74, 6) is 4.73. The quantitative estimate of drug-likeness (QED) is 0.138. The van der Waals surface area contributed by atoms with Crippen LogP contribution >= 0.6 is 0 Å². The zero-order chi connectivity index (χ0) is 41.8. The van der Waals surface area contributed by atoms with Crippen LogP contribution in [0.3, 0.4) is 0 Å². The summed E-state index contributed by atoms with van der Waals surface area (Å²) in [4.78, 5) is 26.7. The Balaban J connectivity index is 0.000000125. The molecule has 0 unspecified atom stereocenters. The molecule has 0 bridgehead atoms. The van der Waals surface area contributed by atoms with E-state index in [0.29, 0.717) is 23.4 Å². The first-order valence-electron chi connectivity index (χ1n) is 20.1. The van der Waals surface area contributed by atoms with Crippen molar-refractivity contribution in [1.82, 2.24) is 43.1 Å². The number of ether oxygens (including phenoxy) is 1. The van der Waals surface area contributed by atoms with E-state index in [1.54, 1.807) is 23.8 Å². The maximum atomic E-state index is 7.20. The Kier molecular flexibility index (Phi) is 9.41. The molecule has 13 heteroatoms. The summed E-state index contributed by atoms with van der Waals surface area (Å²) in [5, 5.41) is 8.77. The van der Waals surface area contributed by atoms with Gasteiger partial charge in [-0.3, -0.25) is 13.2 Å². The van der Waals surface area contributed by atoms with E-state index in [0.717, 1.165) is 56.7 Å².